The van der Waals surface area contributed by atoms with Crippen molar-refractivity contribution in [2.75, 3.05) is 0 Å². The lowest BCUT2D eigenvalue weighted by Gasteiger charge is -2.27. The predicted molar refractivity (Wildman–Crippen MR) is 63.5 cm³/mol. The summed E-state index contributed by atoms with van der Waals surface area (Å²) in [4.78, 5) is 0. The highest BCUT2D eigenvalue weighted by atomic mass is 15.0. The molecule has 0 saturated heterocycles. The minimum absolute atomic E-state index is 0.751. The van der Waals surface area contributed by atoms with Gasteiger partial charge in [0.25, 0.3) is 0 Å². The van der Waals surface area contributed by atoms with Crippen LogP contribution in [0.4, 0.5) is 0 Å². The molecule has 0 bridgehead atoms. The smallest absolute Gasteiger partial charge is 0.00952 e. The third-order valence-electron chi connectivity index (χ3n) is 3.80. The summed E-state index contributed by atoms with van der Waals surface area (Å²) < 4.78 is 0. The van der Waals surface area contributed by atoms with Crippen LogP contribution in [-0.4, -0.2) is 12.1 Å². The van der Waals surface area contributed by atoms with Crippen molar-refractivity contribution in [2.45, 2.75) is 77.8 Å². The van der Waals surface area contributed by atoms with Crippen LogP contribution in [0.15, 0.2) is 0 Å². The van der Waals surface area contributed by atoms with Crippen molar-refractivity contribution in [1.29, 1.82) is 0 Å². The Morgan fingerprint density at radius 2 is 1.71 bits per heavy atom. The largest absolute Gasteiger partial charge is 0.311 e. The van der Waals surface area contributed by atoms with Gasteiger partial charge in [0.2, 0.25) is 0 Å². The van der Waals surface area contributed by atoms with E-state index in [1.807, 2.05) is 0 Å². The molecule has 1 aliphatic carbocycles. The summed E-state index contributed by atoms with van der Waals surface area (Å²) in [6.45, 7) is 7.01. The Morgan fingerprint density at radius 3 is 2.36 bits per heavy atom. The van der Waals surface area contributed by atoms with Gasteiger partial charge in [-0.15, -0.1) is 0 Å². The Hall–Kier alpha value is -0.0400. The van der Waals surface area contributed by atoms with Gasteiger partial charge in [-0.05, 0) is 31.6 Å². The van der Waals surface area contributed by atoms with E-state index in [0.29, 0.717) is 0 Å². The van der Waals surface area contributed by atoms with Gasteiger partial charge in [-0.25, -0.2) is 0 Å². The van der Waals surface area contributed by atoms with Crippen molar-refractivity contribution in [3.63, 3.8) is 0 Å². The predicted octanol–water partition coefficient (Wildman–Crippen LogP) is 3.73. The molecule has 14 heavy (non-hydrogen) atoms. The maximum atomic E-state index is 3.85. The monoisotopic (exact) mass is 197 g/mol. The first-order valence-corrected chi connectivity index (χ1v) is 6.54. The van der Waals surface area contributed by atoms with E-state index in [1.165, 1.54) is 44.9 Å². The molecule has 1 aliphatic rings. The van der Waals surface area contributed by atoms with Crippen molar-refractivity contribution >= 4 is 0 Å². The molecule has 2 unspecified atom stereocenters. The molecule has 2 atom stereocenters. The van der Waals surface area contributed by atoms with E-state index >= 15 is 0 Å². The molecule has 0 heterocycles. The summed E-state index contributed by atoms with van der Waals surface area (Å²) in [7, 11) is 0. The third-order valence-corrected chi connectivity index (χ3v) is 3.80. The van der Waals surface area contributed by atoms with Gasteiger partial charge in [-0.2, -0.15) is 0 Å². The molecular weight excluding hydrogens is 170 g/mol. The second-order valence-corrected chi connectivity index (χ2v) is 4.90. The van der Waals surface area contributed by atoms with Crippen LogP contribution in [0.2, 0.25) is 0 Å². The second-order valence-electron chi connectivity index (χ2n) is 4.90. The normalized spacial score (nSPS) is 29.1. The first-order chi connectivity index (χ1) is 6.77. The van der Waals surface area contributed by atoms with Gasteiger partial charge in [0, 0.05) is 12.1 Å². The lowest BCUT2D eigenvalue weighted by atomic mass is 9.95. The zero-order chi connectivity index (χ0) is 10.4. The first-order valence-electron chi connectivity index (χ1n) is 6.54. The van der Waals surface area contributed by atoms with Crippen LogP contribution in [0, 0.1) is 5.92 Å². The SMILES string of the molecule is CCC(CC)NC1CCCCCC1C. The summed E-state index contributed by atoms with van der Waals surface area (Å²) in [5.41, 5.74) is 0. The van der Waals surface area contributed by atoms with Crippen molar-refractivity contribution < 1.29 is 0 Å². The molecule has 0 amide bonds. The van der Waals surface area contributed by atoms with Gasteiger partial charge < -0.3 is 5.32 Å². The average molecular weight is 197 g/mol. The second kappa shape index (κ2) is 6.44. The molecule has 0 aromatic rings. The number of hydrogen-bond acceptors (Lipinski definition) is 1. The van der Waals surface area contributed by atoms with Crippen molar-refractivity contribution in [3.8, 4) is 0 Å². The van der Waals surface area contributed by atoms with Crippen LogP contribution < -0.4 is 5.32 Å². The van der Waals surface area contributed by atoms with Gasteiger partial charge in [0.05, 0.1) is 0 Å². The van der Waals surface area contributed by atoms with E-state index in [-0.39, 0.29) is 0 Å². The van der Waals surface area contributed by atoms with E-state index in [9.17, 15) is 0 Å². The molecule has 0 aromatic heterocycles. The molecule has 84 valence electrons. The summed E-state index contributed by atoms with van der Waals surface area (Å²) in [6.07, 6.45) is 9.71. The maximum absolute atomic E-state index is 3.85. The fourth-order valence-electron chi connectivity index (χ4n) is 2.57. The van der Waals surface area contributed by atoms with Crippen LogP contribution in [-0.2, 0) is 0 Å². The van der Waals surface area contributed by atoms with Crippen molar-refractivity contribution in [2.24, 2.45) is 5.92 Å². The fraction of sp³-hybridized carbons (Fsp3) is 1.00. The molecule has 1 nitrogen and oxygen atoms in total. The van der Waals surface area contributed by atoms with Gasteiger partial charge in [-0.3, -0.25) is 0 Å². The molecule has 0 radical (unpaired) electrons. The molecule has 1 fully saturated rings. The highest BCUT2D eigenvalue weighted by Gasteiger charge is 2.21. The molecular formula is C13H27N. The summed E-state index contributed by atoms with van der Waals surface area (Å²) in [5, 5.41) is 3.85. The summed E-state index contributed by atoms with van der Waals surface area (Å²) in [6, 6.07) is 1.54. The van der Waals surface area contributed by atoms with E-state index in [4.69, 9.17) is 0 Å². The standard InChI is InChI=1S/C13H27N/c1-4-12(5-2)14-13-10-8-6-7-9-11(13)3/h11-14H,4-10H2,1-3H3. The molecule has 1 rings (SSSR count). The van der Waals surface area contributed by atoms with E-state index < -0.39 is 0 Å². The van der Waals surface area contributed by atoms with E-state index in [2.05, 4.69) is 26.1 Å². The lowest BCUT2D eigenvalue weighted by molar-refractivity contribution is 0.311. The highest BCUT2D eigenvalue weighted by molar-refractivity contribution is 4.79. The van der Waals surface area contributed by atoms with Crippen LogP contribution >= 0.6 is 0 Å². The first kappa shape index (κ1) is 12.0. The third kappa shape index (κ3) is 3.61. The Bertz CT molecular complexity index is 140. The molecule has 1 heteroatoms. The minimum atomic E-state index is 0.751. The summed E-state index contributed by atoms with van der Waals surface area (Å²) in [5.74, 6) is 0.887. The summed E-state index contributed by atoms with van der Waals surface area (Å²) >= 11 is 0. The number of rotatable bonds is 4. The number of nitrogens with one attached hydrogen (secondary N) is 1. The topological polar surface area (TPSA) is 12.0 Å². The molecule has 0 aliphatic heterocycles. The van der Waals surface area contributed by atoms with Gasteiger partial charge in [0.15, 0.2) is 0 Å². The Labute approximate surface area is 89.7 Å². The maximum Gasteiger partial charge on any atom is 0.00952 e. The zero-order valence-electron chi connectivity index (χ0n) is 10.2. The van der Waals surface area contributed by atoms with Crippen LogP contribution in [0.1, 0.15) is 65.7 Å². The molecule has 1 saturated carbocycles. The lowest BCUT2D eigenvalue weighted by Crippen LogP contribution is -2.41. The quantitative estimate of drug-likeness (QED) is 0.677. The zero-order valence-corrected chi connectivity index (χ0v) is 10.2. The molecule has 0 spiro atoms. The van der Waals surface area contributed by atoms with Crippen molar-refractivity contribution in [3.05, 3.63) is 0 Å². The van der Waals surface area contributed by atoms with Gasteiger partial charge >= 0.3 is 0 Å². The fourth-order valence-corrected chi connectivity index (χ4v) is 2.57. The Morgan fingerprint density at radius 1 is 1.07 bits per heavy atom. The van der Waals surface area contributed by atoms with Crippen molar-refractivity contribution in [1.82, 2.24) is 5.32 Å². The molecule has 0 aromatic carbocycles. The van der Waals surface area contributed by atoms with E-state index in [1.54, 1.807) is 0 Å². The van der Waals surface area contributed by atoms with Gasteiger partial charge in [0.1, 0.15) is 0 Å². The Balaban J connectivity index is 2.39. The van der Waals surface area contributed by atoms with Gasteiger partial charge in [-0.1, -0.05) is 40.0 Å². The van der Waals surface area contributed by atoms with Crippen LogP contribution in [0.25, 0.3) is 0 Å². The highest BCUT2D eigenvalue weighted by Crippen LogP contribution is 2.23. The van der Waals surface area contributed by atoms with E-state index in [0.717, 1.165) is 18.0 Å². The average Bonchev–Trinajstić information content (AvgIpc) is 2.40. The Kier molecular flexibility index (Phi) is 5.54. The number of hydrogen-bond donors (Lipinski definition) is 1. The van der Waals surface area contributed by atoms with Crippen LogP contribution in [0.3, 0.4) is 0 Å². The minimum Gasteiger partial charge on any atom is -0.311 e. The molecule has 1 N–H and O–H groups in total. The van der Waals surface area contributed by atoms with Crippen LogP contribution in [0.5, 0.6) is 0 Å².